The van der Waals surface area contributed by atoms with E-state index in [-0.39, 0.29) is 18.7 Å². The Bertz CT molecular complexity index is 448. The van der Waals surface area contributed by atoms with Crippen LogP contribution in [-0.4, -0.2) is 33.0 Å². The summed E-state index contributed by atoms with van der Waals surface area (Å²) in [5, 5.41) is 11.5. The zero-order chi connectivity index (χ0) is 14.1. The van der Waals surface area contributed by atoms with Crippen molar-refractivity contribution >= 4 is 11.9 Å². The van der Waals surface area contributed by atoms with Gasteiger partial charge in [0.25, 0.3) is 0 Å². The van der Waals surface area contributed by atoms with Gasteiger partial charge in [-0.15, -0.1) is 12.3 Å². The predicted octanol–water partition coefficient (Wildman–Crippen LogP) is 0.715. The molecule has 0 bridgehead atoms. The zero-order valence-electron chi connectivity index (χ0n) is 10.6. The number of imidazole rings is 1. The first-order valence-corrected chi connectivity index (χ1v) is 6.06. The number of hydrogen-bond acceptors (Lipinski definition) is 3. The van der Waals surface area contributed by atoms with Gasteiger partial charge in [-0.1, -0.05) is 0 Å². The molecule has 1 aromatic heterocycles. The summed E-state index contributed by atoms with van der Waals surface area (Å²) in [6.45, 7) is 0. The number of H-pyrrole nitrogens is 1. The molecule has 0 fully saturated rings. The highest BCUT2D eigenvalue weighted by atomic mass is 16.4. The van der Waals surface area contributed by atoms with Crippen LogP contribution in [-0.2, 0) is 16.0 Å². The lowest BCUT2D eigenvalue weighted by molar-refractivity contribution is -0.141. The van der Waals surface area contributed by atoms with Gasteiger partial charge in [-0.05, 0) is 12.8 Å². The molecule has 0 aliphatic rings. The number of terminal acetylenes is 1. The SMILES string of the molecule is C#CCCCCC(=O)NC(Cc1cnc[nH]1)C(=O)O. The standard InChI is InChI=1S/C13H17N3O3/c1-2-3-4-5-6-12(17)16-11(13(18)19)7-10-8-14-9-15-10/h1,8-9,11H,3-7H2,(H,14,15)(H,16,17)(H,18,19). The lowest BCUT2D eigenvalue weighted by atomic mass is 10.1. The third kappa shape index (κ3) is 5.73. The van der Waals surface area contributed by atoms with E-state index in [1.54, 1.807) is 0 Å². The highest BCUT2D eigenvalue weighted by Crippen LogP contribution is 2.02. The number of amides is 1. The molecular formula is C13H17N3O3. The lowest BCUT2D eigenvalue weighted by Crippen LogP contribution is -2.42. The fourth-order valence-corrected chi connectivity index (χ4v) is 1.60. The van der Waals surface area contributed by atoms with Crippen molar-refractivity contribution in [2.24, 2.45) is 0 Å². The van der Waals surface area contributed by atoms with Gasteiger partial charge in [-0.2, -0.15) is 0 Å². The number of unbranched alkanes of at least 4 members (excludes halogenated alkanes) is 2. The van der Waals surface area contributed by atoms with Crippen molar-refractivity contribution in [1.29, 1.82) is 0 Å². The maximum atomic E-state index is 11.6. The molecule has 1 aromatic rings. The van der Waals surface area contributed by atoms with Crippen LogP contribution in [0.2, 0.25) is 0 Å². The largest absolute Gasteiger partial charge is 0.480 e. The Morgan fingerprint density at radius 1 is 1.53 bits per heavy atom. The van der Waals surface area contributed by atoms with Crippen LogP contribution in [0.1, 0.15) is 31.4 Å². The zero-order valence-corrected chi connectivity index (χ0v) is 10.6. The first-order chi connectivity index (χ1) is 9.13. The number of nitrogens with zero attached hydrogens (tertiary/aromatic N) is 1. The fraction of sp³-hybridized carbons (Fsp3) is 0.462. The number of carbonyl (C=O) groups is 2. The summed E-state index contributed by atoms with van der Waals surface area (Å²) in [5.41, 5.74) is 0.667. The van der Waals surface area contributed by atoms with Crippen molar-refractivity contribution < 1.29 is 14.7 Å². The maximum Gasteiger partial charge on any atom is 0.326 e. The third-order valence-corrected chi connectivity index (χ3v) is 2.59. The molecule has 0 aromatic carbocycles. The topological polar surface area (TPSA) is 95.1 Å². The number of rotatable bonds is 8. The average molecular weight is 263 g/mol. The third-order valence-electron chi connectivity index (χ3n) is 2.59. The molecule has 0 aliphatic carbocycles. The molecule has 1 amide bonds. The van der Waals surface area contributed by atoms with E-state index in [2.05, 4.69) is 21.2 Å². The van der Waals surface area contributed by atoms with Gasteiger partial charge >= 0.3 is 5.97 Å². The van der Waals surface area contributed by atoms with Crippen LogP contribution < -0.4 is 5.32 Å². The predicted molar refractivity (Wildman–Crippen MR) is 69.2 cm³/mol. The highest BCUT2D eigenvalue weighted by Gasteiger charge is 2.20. The number of carboxylic acids is 1. The van der Waals surface area contributed by atoms with Gasteiger partial charge in [-0.3, -0.25) is 4.79 Å². The lowest BCUT2D eigenvalue weighted by Gasteiger charge is -2.13. The Kier molecular flexibility index (Phi) is 6.16. The minimum atomic E-state index is -1.06. The number of nitrogens with one attached hydrogen (secondary N) is 2. The Hall–Kier alpha value is -2.29. The number of aromatic nitrogens is 2. The summed E-state index contributed by atoms with van der Waals surface area (Å²) in [4.78, 5) is 29.3. The first kappa shape index (κ1) is 14.8. The summed E-state index contributed by atoms with van der Waals surface area (Å²) in [6.07, 6.45) is 10.6. The van der Waals surface area contributed by atoms with E-state index in [1.807, 2.05) is 0 Å². The number of carboxylic acid groups (broad SMARTS) is 1. The van der Waals surface area contributed by atoms with E-state index in [9.17, 15) is 9.59 Å². The van der Waals surface area contributed by atoms with Gasteiger partial charge in [0.15, 0.2) is 0 Å². The molecular weight excluding hydrogens is 246 g/mol. The Balaban J connectivity index is 2.39. The molecule has 6 nitrogen and oxygen atoms in total. The number of aliphatic carboxylic acids is 1. The molecule has 6 heteroatoms. The van der Waals surface area contributed by atoms with Crippen molar-refractivity contribution in [3.63, 3.8) is 0 Å². The van der Waals surface area contributed by atoms with E-state index in [1.165, 1.54) is 12.5 Å². The van der Waals surface area contributed by atoms with E-state index >= 15 is 0 Å². The maximum absolute atomic E-state index is 11.6. The van der Waals surface area contributed by atoms with Crippen LogP contribution in [0, 0.1) is 12.3 Å². The molecule has 1 rings (SSSR count). The Labute approximate surface area is 111 Å². The molecule has 0 radical (unpaired) electrons. The van der Waals surface area contributed by atoms with Crippen molar-refractivity contribution in [1.82, 2.24) is 15.3 Å². The Morgan fingerprint density at radius 2 is 2.32 bits per heavy atom. The van der Waals surface area contributed by atoms with Crippen LogP contribution in [0.4, 0.5) is 0 Å². The molecule has 1 heterocycles. The van der Waals surface area contributed by atoms with Crippen LogP contribution in [0.3, 0.4) is 0 Å². The van der Waals surface area contributed by atoms with Crippen molar-refractivity contribution in [3.05, 3.63) is 18.2 Å². The molecule has 0 saturated heterocycles. The van der Waals surface area contributed by atoms with Crippen LogP contribution >= 0.6 is 0 Å². The van der Waals surface area contributed by atoms with Crippen LogP contribution in [0.5, 0.6) is 0 Å². The summed E-state index contributed by atoms with van der Waals surface area (Å²) in [5.74, 6) is 1.16. The second-order valence-corrected chi connectivity index (χ2v) is 4.15. The quantitative estimate of drug-likeness (QED) is 0.475. The van der Waals surface area contributed by atoms with Crippen molar-refractivity contribution in [3.8, 4) is 12.3 Å². The van der Waals surface area contributed by atoms with Gasteiger partial charge in [0.05, 0.1) is 6.33 Å². The normalized spacial score (nSPS) is 11.5. The summed E-state index contributed by atoms with van der Waals surface area (Å²) < 4.78 is 0. The van der Waals surface area contributed by atoms with Gasteiger partial charge in [0.1, 0.15) is 6.04 Å². The van der Waals surface area contributed by atoms with E-state index < -0.39 is 12.0 Å². The minimum Gasteiger partial charge on any atom is -0.480 e. The molecule has 3 N–H and O–H groups in total. The van der Waals surface area contributed by atoms with E-state index in [0.29, 0.717) is 18.5 Å². The molecule has 0 aliphatic heterocycles. The summed E-state index contributed by atoms with van der Waals surface area (Å²) >= 11 is 0. The van der Waals surface area contributed by atoms with Gasteiger partial charge in [0.2, 0.25) is 5.91 Å². The smallest absolute Gasteiger partial charge is 0.326 e. The number of carbonyl (C=O) groups excluding carboxylic acids is 1. The fourth-order valence-electron chi connectivity index (χ4n) is 1.60. The Morgan fingerprint density at radius 3 is 2.89 bits per heavy atom. The van der Waals surface area contributed by atoms with E-state index in [0.717, 1.165) is 6.42 Å². The first-order valence-electron chi connectivity index (χ1n) is 6.06. The summed E-state index contributed by atoms with van der Waals surface area (Å²) in [7, 11) is 0. The second kappa shape index (κ2) is 7.93. The summed E-state index contributed by atoms with van der Waals surface area (Å²) in [6, 6.07) is -0.944. The van der Waals surface area contributed by atoms with Crippen molar-refractivity contribution in [2.75, 3.05) is 0 Å². The minimum absolute atomic E-state index is 0.186. The molecule has 1 atom stereocenters. The number of hydrogen-bond donors (Lipinski definition) is 3. The van der Waals surface area contributed by atoms with Gasteiger partial charge in [0, 0.05) is 31.2 Å². The highest BCUT2D eigenvalue weighted by molar-refractivity contribution is 5.83. The van der Waals surface area contributed by atoms with Crippen LogP contribution in [0.25, 0.3) is 0 Å². The van der Waals surface area contributed by atoms with Gasteiger partial charge in [-0.25, -0.2) is 9.78 Å². The molecule has 1 unspecified atom stereocenters. The molecule has 0 spiro atoms. The van der Waals surface area contributed by atoms with Crippen LogP contribution in [0.15, 0.2) is 12.5 Å². The van der Waals surface area contributed by atoms with Gasteiger partial charge < -0.3 is 15.4 Å². The van der Waals surface area contributed by atoms with E-state index in [4.69, 9.17) is 11.5 Å². The second-order valence-electron chi connectivity index (χ2n) is 4.15. The molecule has 102 valence electrons. The number of aromatic amines is 1. The molecule has 19 heavy (non-hydrogen) atoms. The average Bonchev–Trinajstić information content (AvgIpc) is 2.86. The van der Waals surface area contributed by atoms with Crippen molar-refractivity contribution in [2.45, 2.75) is 38.1 Å². The molecule has 0 saturated carbocycles. The monoisotopic (exact) mass is 263 g/mol.